The van der Waals surface area contributed by atoms with E-state index in [9.17, 15) is 4.79 Å². The number of hydrogen-bond donors (Lipinski definition) is 1. The number of amides is 1. The van der Waals surface area contributed by atoms with E-state index in [0.29, 0.717) is 24.3 Å². The smallest absolute Gasteiger partial charge is 0.271 e. The van der Waals surface area contributed by atoms with Crippen molar-refractivity contribution >= 4 is 16.9 Å². The van der Waals surface area contributed by atoms with E-state index in [-0.39, 0.29) is 5.91 Å². The third-order valence-electron chi connectivity index (χ3n) is 5.19. The van der Waals surface area contributed by atoms with Crippen LogP contribution in [0.4, 0.5) is 0 Å². The Morgan fingerprint density at radius 3 is 2.31 bits per heavy atom. The third kappa shape index (κ3) is 4.25. The molecule has 0 atom stereocenters. The number of rotatable bonds is 6. The van der Waals surface area contributed by atoms with Gasteiger partial charge < -0.3 is 5.32 Å². The Morgan fingerprint density at radius 1 is 0.844 bits per heavy atom. The second kappa shape index (κ2) is 8.81. The van der Waals surface area contributed by atoms with Gasteiger partial charge in [-0.2, -0.15) is 5.10 Å². The molecule has 0 aliphatic carbocycles. The monoisotopic (exact) mass is 419 g/mol. The maximum atomic E-state index is 12.8. The molecule has 5 aromatic rings. The standard InChI is InChI=1S/C26H21N5O/c32-26(24-16-27-22-13-7-8-14-23(22)29-24)28-15-21-18-31(17-19-9-3-1-4-10-19)30-25(21)20-11-5-2-6-12-20/h1-14,16,18H,15,17H2,(H,28,32). The van der Waals surface area contributed by atoms with Crippen LogP contribution in [0.2, 0.25) is 0 Å². The van der Waals surface area contributed by atoms with Crippen LogP contribution >= 0.6 is 0 Å². The van der Waals surface area contributed by atoms with Crippen LogP contribution in [0, 0.1) is 0 Å². The summed E-state index contributed by atoms with van der Waals surface area (Å²) in [5.74, 6) is -0.266. The van der Waals surface area contributed by atoms with E-state index in [0.717, 1.165) is 27.9 Å². The lowest BCUT2D eigenvalue weighted by molar-refractivity contribution is 0.0946. The second-order valence-corrected chi connectivity index (χ2v) is 7.48. The van der Waals surface area contributed by atoms with E-state index < -0.39 is 0 Å². The zero-order valence-corrected chi connectivity index (χ0v) is 17.3. The highest BCUT2D eigenvalue weighted by atomic mass is 16.1. The van der Waals surface area contributed by atoms with Crippen LogP contribution in [0.1, 0.15) is 21.6 Å². The zero-order valence-electron chi connectivity index (χ0n) is 17.3. The number of carbonyl (C=O) groups is 1. The number of fused-ring (bicyclic) bond motifs is 1. The summed E-state index contributed by atoms with van der Waals surface area (Å²) in [6.45, 7) is 0.997. The van der Waals surface area contributed by atoms with Crippen molar-refractivity contribution in [1.29, 1.82) is 0 Å². The van der Waals surface area contributed by atoms with Crippen molar-refractivity contribution in [2.24, 2.45) is 0 Å². The highest BCUT2D eigenvalue weighted by molar-refractivity contribution is 5.93. The topological polar surface area (TPSA) is 72.7 Å². The van der Waals surface area contributed by atoms with Crippen LogP contribution in [-0.4, -0.2) is 25.7 Å². The van der Waals surface area contributed by atoms with Crippen molar-refractivity contribution in [2.75, 3.05) is 0 Å². The molecule has 156 valence electrons. The molecule has 0 saturated carbocycles. The fraction of sp³-hybridized carbons (Fsp3) is 0.0769. The number of benzene rings is 3. The molecule has 1 amide bonds. The van der Waals surface area contributed by atoms with Gasteiger partial charge in [0.15, 0.2) is 0 Å². The fourth-order valence-corrected chi connectivity index (χ4v) is 3.62. The minimum atomic E-state index is -0.266. The van der Waals surface area contributed by atoms with Gasteiger partial charge in [-0.25, -0.2) is 4.98 Å². The van der Waals surface area contributed by atoms with Gasteiger partial charge >= 0.3 is 0 Å². The minimum absolute atomic E-state index is 0.266. The number of hydrogen-bond acceptors (Lipinski definition) is 4. The van der Waals surface area contributed by atoms with Crippen molar-refractivity contribution in [3.8, 4) is 11.3 Å². The van der Waals surface area contributed by atoms with Crippen molar-refractivity contribution in [3.63, 3.8) is 0 Å². The average molecular weight is 419 g/mol. The summed E-state index contributed by atoms with van der Waals surface area (Å²) in [4.78, 5) is 21.5. The lowest BCUT2D eigenvalue weighted by Crippen LogP contribution is -2.24. The highest BCUT2D eigenvalue weighted by Gasteiger charge is 2.14. The van der Waals surface area contributed by atoms with Crippen LogP contribution in [0.15, 0.2) is 97.3 Å². The number of nitrogens with zero attached hydrogens (tertiary/aromatic N) is 4. The third-order valence-corrected chi connectivity index (χ3v) is 5.19. The molecule has 0 aliphatic heterocycles. The van der Waals surface area contributed by atoms with E-state index in [1.165, 1.54) is 6.20 Å². The van der Waals surface area contributed by atoms with Gasteiger partial charge in [-0.05, 0) is 17.7 Å². The van der Waals surface area contributed by atoms with Gasteiger partial charge in [0.05, 0.1) is 29.5 Å². The predicted octanol–water partition coefficient (Wildman–Crippen LogP) is 4.47. The second-order valence-electron chi connectivity index (χ2n) is 7.48. The minimum Gasteiger partial charge on any atom is -0.346 e. The van der Waals surface area contributed by atoms with Crippen LogP contribution in [0.3, 0.4) is 0 Å². The molecule has 32 heavy (non-hydrogen) atoms. The molecule has 0 unspecified atom stereocenters. The maximum Gasteiger partial charge on any atom is 0.271 e. The molecule has 2 heterocycles. The molecule has 3 aromatic carbocycles. The molecule has 0 radical (unpaired) electrons. The molecule has 0 aliphatic rings. The maximum absolute atomic E-state index is 12.8. The van der Waals surface area contributed by atoms with E-state index in [4.69, 9.17) is 5.10 Å². The first-order valence-corrected chi connectivity index (χ1v) is 10.4. The Hall–Kier alpha value is -4.32. The van der Waals surface area contributed by atoms with E-state index in [2.05, 4.69) is 27.4 Å². The lowest BCUT2D eigenvalue weighted by atomic mass is 10.1. The first-order valence-electron chi connectivity index (χ1n) is 10.4. The number of para-hydroxylation sites is 2. The Bertz CT molecular complexity index is 1360. The van der Waals surface area contributed by atoms with E-state index >= 15 is 0 Å². The van der Waals surface area contributed by atoms with E-state index in [1.807, 2.05) is 83.7 Å². The summed E-state index contributed by atoms with van der Waals surface area (Å²) in [6.07, 6.45) is 3.50. The highest BCUT2D eigenvalue weighted by Crippen LogP contribution is 2.22. The molecule has 0 fully saturated rings. The molecular formula is C26H21N5O. The Kier molecular flexibility index (Phi) is 5.41. The molecule has 0 bridgehead atoms. The largest absolute Gasteiger partial charge is 0.346 e. The van der Waals surface area contributed by atoms with Crippen molar-refractivity contribution in [3.05, 3.63) is 114 Å². The average Bonchev–Trinajstić information content (AvgIpc) is 3.26. The molecule has 5 rings (SSSR count). The van der Waals surface area contributed by atoms with Gasteiger partial charge in [0.2, 0.25) is 0 Å². The van der Waals surface area contributed by atoms with Gasteiger partial charge in [-0.1, -0.05) is 72.8 Å². The molecule has 1 N–H and O–H groups in total. The van der Waals surface area contributed by atoms with Gasteiger partial charge in [-0.15, -0.1) is 0 Å². The van der Waals surface area contributed by atoms with Gasteiger partial charge in [0.25, 0.3) is 5.91 Å². The summed E-state index contributed by atoms with van der Waals surface area (Å²) in [7, 11) is 0. The molecule has 0 spiro atoms. The van der Waals surface area contributed by atoms with Gasteiger partial charge in [0.1, 0.15) is 5.69 Å². The van der Waals surface area contributed by atoms with Crippen LogP contribution in [0.5, 0.6) is 0 Å². The SMILES string of the molecule is O=C(NCc1cn(Cc2ccccc2)nc1-c1ccccc1)c1cnc2ccccc2n1. The zero-order chi connectivity index (χ0) is 21.8. The van der Waals surface area contributed by atoms with Crippen LogP contribution in [0.25, 0.3) is 22.3 Å². The summed E-state index contributed by atoms with van der Waals surface area (Å²) in [6, 6.07) is 27.7. The normalized spacial score (nSPS) is 10.9. The van der Waals surface area contributed by atoms with Crippen molar-refractivity contribution in [1.82, 2.24) is 25.1 Å². The predicted molar refractivity (Wildman–Crippen MR) is 124 cm³/mol. The van der Waals surface area contributed by atoms with E-state index in [1.54, 1.807) is 0 Å². The first kappa shape index (κ1) is 19.6. The number of aromatic nitrogens is 4. The molecule has 2 aromatic heterocycles. The van der Waals surface area contributed by atoms with Gasteiger partial charge in [-0.3, -0.25) is 14.5 Å². The number of nitrogens with one attached hydrogen (secondary N) is 1. The molecule has 0 saturated heterocycles. The van der Waals surface area contributed by atoms with Gasteiger partial charge in [0, 0.05) is 23.9 Å². The molecule has 6 heteroatoms. The Morgan fingerprint density at radius 2 is 1.53 bits per heavy atom. The molecular weight excluding hydrogens is 398 g/mol. The summed E-state index contributed by atoms with van der Waals surface area (Å²) < 4.78 is 1.91. The number of carbonyl (C=O) groups excluding carboxylic acids is 1. The van der Waals surface area contributed by atoms with Crippen molar-refractivity contribution in [2.45, 2.75) is 13.1 Å². The molecule has 6 nitrogen and oxygen atoms in total. The first-order chi connectivity index (χ1) is 15.8. The summed E-state index contributed by atoms with van der Waals surface area (Å²) in [5.41, 5.74) is 5.71. The van der Waals surface area contributed by atoms with Crippen LogP contribution in [-0.2, 0) is 13.1 Å². The fourth-order valence-electron chi connectivity index (χ4n) is 3.62. The Labute approximate surface area is 185 Å². The summed E-state index contributed by atoms with van der Waals surface area (Å²) in [5, 5.41) is 7.78. The lowest BCUT2D eigenvalue weighted by Gasteiger charge is -2.06. The quantitative estimate of drug-likeness (QED) is 0.441. The summed E-state index contributed by atoms with van der Waals surface area (Å²) >= 11 is 0. The Balaban J connectivity index is 1.39. The van der Waals surface area contributed by atoms with Crippen LogP contribution < -0.4 is 5.32 Å². The van der Waals surface area contributed by atoms with Crippen molar-refractivity contribution < 1.29 is 4.79 Å².